The highest BCUT2D eigenvalue weighted by atomic mass is 32.1. The Morgan fingerprint density at radius 3 is 1.71 bits per heavy atom. The van der Waals surface area contributed by atoms with Crippen LogP contribution < -0.4 is 0 Å². The van der Waals surface area contributed by atoms with Crippen molar-refractivity contribution < 1.29 is 0 Å². The van der Waals surface area contributed by atoms with E-state index in [1.165, 1.54) is 0 Å². The Labute approximate surface area is 51.7 Å². The molecule has 0 aromatic rings. The maximum absolute atomic E-state index is 4.85. The van der Waals surface area contributed by atoms with Gasteiger partial charge in [-0.15, -0.1) is 0 Å². The zero-order chi connectivity index (χ0) is 5.86. The molecule has 0 nitrogen and oxygen atoms in total. The van der Waals surface area contributed by atoms with Crippen LogP contribution in [0.25, 0.3) is 0 Å². The Morgan fingerprint density at radius 1 is 1.29 bits per heavy atom. The van der Waals surface area contributed by atoms with Gasteiger partial charge in [-0.25, -0.2) is 0 Å². The third-order valence-corrected chi connectivity index (χ3v) is 1.93. The van der Waals surface area contributed by atoms with Gasteiger partial charge in [-0.05, 0) is 11.8 Å². The van der Waals surface area contributed by atoms with Crippen LogP contribution in [0.3, 0.4) is 0 Å². The van der Waals surface area contributed by atoms with E-state index in [0.29, 0.717) is 0 Å². The first-order valence-corrected chi connectivity index (χ1v) is 3.34. The topological polar surface area (TPSA) is 0 Å². The van der Waals surface area contributed by atoms with E-state index in [-0.39, 0.29) is 0 Å². The normalized spacial score (nSPS) is 15.0. The molecule has 0 saturated heterocycles. The van der Waals surface area contributed by atoms with E-state index in [1.807, 2.05) is 0 Å². The van der Waals surface area contributed by atoms with Gasteiger partial charge in [-0.1, -0.05) is 33.4 Å². The van der Waals surface area contributed by atoms with Crippen LogP contribution in [0.2, 0.25) is 0 Å². The minimum atomic E-state index is 0.718. The summed E-state index contributed by atoms with van der Waals surface area (Å²) in [6, 6.07) is 0. The van der Waals surface area contributed by atoms with Crippen molar-refractivity contribution in [2.24, 2.45) is 11.8 Å². The Hall–Kier alpha value is 0.350. The SMILES string of the molecule is CC(C)C(C)C[S]. The molecule has 1 unspecified atom stereocenters. The standard InChI is InChI=1S/C6H13S/c1-5(2)6(3)4-7/h5-6H,4H2,1-3H3. The Morgan fingerprint density at radius 2 is 1.71 bits per heavy atom. The smallest absolute Gasteiger partial charge is 0.00651 e. The van der Waals surface area contributed by atoms with Gasteiger partial charge in [0.2, 0.25) is 0 Å². The van der Waals surface area contributed by atoms with Crippen LogP contribution in [0.5, 0.6) is 0 Å². The van der Waals surface area contributed by atoms with E-state index in [2.05, 4.69) is 20.8 Å². The van der Waals surface area contributed by atoms with Crippen molar-refractivity contribution in [3.63, 3.8) is 0 Å². The van der Waals surface area contributed by atoms with E-state index >= 15 is 0 Å². The highest BCUT2D eigenvalue weighted by Gasteiger charge is 2.02. The summed E-state index contributed by atoms with van der Waals surface area (Å²) in [5, 5.41) is 0. The molecule has 0 aromatic heterocycles. The van der Waals surface area contributed by atoms with Gasteiger partial charge in [0.25, 0.3) is 0 Å². The summed E-state index contributed by atoms with van der Waals surface area (Å²) in [6.45, 7) is 6.60. The van der Waals surface area contributed by atoms with Crippen LogP contribution in [0.4, 0.5) is 0 Å². The summed E-state index contributed by atoms with van der Waals surface area (Å²) in [7, 11) is 0. The molecule has 43 valence electrons. The molecule has 0 saturated carbocycles. The summed E-state index contributed by atoms with van der Waals surface area (Å²) in [4.78, 5) is 0. The van der Waals surface area contributed by atoms with E-state index in [4.69, 9.17) is 12.6 Å². The molecule has 0 aliphatic heterocycles. The Kier molecular flexibility index (Phi) is 3.53. The molecular weight excluding hydrogens is 104 g/mol. The lowest BCUT2D eigenvalue weighted by atomic mass is 10.0. The molecule has 0 amide bonds. The summed E-state index contributed by atoms with van der Waals surface area (Å²) in [5.74, 6) is 2.38. The third kappa shape index (κ3) is 2.98. The first-order chi connectivity index (χ1) is 3.18. The summed E-state index contributed by atoms with van der Waals surface area (Å²) in [6.07, 6.45) is 0. The number of hydrogen-bond acceptors (Lipinski definition) is 0. The van der Waals surface area contributed by atoms with Crippen molar-refractivity contribution in [3.8, 4) is 0 Å². The maximum atomic E-state index is 4.85. The van der Waals surface area contributed by atoms with Gasteiger partial charge >= 0.3 is 0 Å². The molecule has 0 bridgehead atoms. The molecule has 1 atom stereocenters. The Balaban J connectivity index is 3.14. The number of hydrogen-bond donors (Lipinski definition) is 0. The van der Waals surface area contributed by atoms with E-state index in [1.54, 1.807) is 0 Å². The third-order valence-electron chi connectivity index (χ3n) is 1.40. The van der Waals surface area contributed by atoms with Gasteiger partial charge in [0.05, 0.1) is 0 Å². The average molecular weight is 117 g/mol. The molecule has 0 fully saturated rings. The summed E-state index contributed by atoms with van der Waals surface area (Å²) < 4.78 is 0. The quantitative estimate of drug-likeness (QED) is 0.521. The van der Waals surface area contributed by atoms with Gasteiger partial charge in [-0.2, -0.15) is 0 Å². The number of rotatable bonds is 2. The molecular formula is C6H13S. The van der Waals surface area contributed by atoms with Gasteiger partial charge < -0.3 is 0 Å². The second kappa shape index (κ2) is 3.36. The molecule has 1 radical (unpaired) electrons. The van der Waals surface area contributed by atoms with Crippen LogP contribution in [-0.4, -0.2) is 5.75 Å². The minimum absolute atomic E-state index is 0.718. The van der Waals surface area contributed by atoms with Crippen molar-refractivity contribution >= 4 is 12.6 Å². The fourth-order valence-electron chi connectivity index (χ4n) is 0.192. The molecule has 1 heteroatoms. The van der Waals surface area contributed by atoms with Gasteiger partial charge in [-0.3, -0.25) is 0 Å². The van der Waals surface area contributed by atoms with E-state index in [0.717, 1.165) is 17.6 Å². The van der Waals surface area contributed by atoms with Crippen molar-refractivity contribution in [1.29, 1.82) is 0 Å². The predicted octanol–water partition coefficient (Wildman–Crippen LogP) is 2.48. The minimum Gasteiger partial charge on any atom is -0.0939 e. The van der Waals surface area contributed by atoms with Crippen LogP contribution in [0.15, 0.2) is 0 Å². The molecule has 0 aliphatic rings. The van der Waals surface area contributed by atoms with Crippen molar-refractivity contribution in [2.75, 3.05) is 5.75 Å². The fourth-order valence-corrected chi connectivity index (χ4v) is 0.577. The molecule has 0 rings (SSSR count). The van der Waals surface area contributed by atoms with Crippen LogP contribution in [0.1, 0.15) is 20.8 Å². The highest BCUT2D eigenvalue weighted by molar-refractivity contribution is 7.80. The molecule has 0 N–H and O–H groups in total. The van der Waals surface area contributed by atoms with Crippen molar-refractivity contribution in [3.05, 3.63) is 0 Å². The van der Waals surface area contributed by atoms with Crippen LogP contribution >= 0.6 is 12.6 Å². The average Bonchev–Trinajstić information content (AvgIpc) is 1.65. The summed E-state index contributed by atoms with van der Waals surface area (Å²) in [5.41, 5.74) is 0. The summed E-state index contributed by atoms with van der Waals surface area (Å²) >= 11 is 4.85. The fraction of sp³-hybridized carbons (Fsp3) is 1.00. The van der Waals surface area contributed by atoms with Gasteiger partial charge in [0, 0.05) is 5.75 Å². The zero-order valence-electron chi connectivity index (χ0n) is 5.27. The molecule has 7 heavy (non-hydrogen) atoms. The van der Waals surface area contributed by atoms with E-state index < -0.39 is 0 Å². The lowest BCUT2D eigenvalue weighted by Crippen LogP contribution is -2.04. The Bertz CT molecular complexity index is 41.4. The molecule has 0 spiro atoms. The molecule has 0 aromatic carbocycles. The molecule has 0 aliphatic carbocycles. The van der Waals surface area contributed by atoms with Crippen molar-refractivity contribution in [2.45, 2.75) is 20.8 Å². The lowest BCUT2D eigenvalue weighted by Gasteiger charge is -2.09. The second-order valence-electron chi connectivity index (χ2n) is 2.39. The first kappa shape index (κ1) is 7.35. The van der Waals surface area contributed by atoms with Gasteiger partial charge in [0.1, 0.15) is 0 Å². The predicted molar refractivity (Wildman–Crippen MR) is 36.5 cm³/mol. The van der Waals surface area contributed by atoms with E-state index in [9.17, 15) is 0 Å². The second-order valence-corrected chi connectivity index (χ2v) is 2.72. The van der Waals surface area contributed by atoms with Crippen LogP contribution in [-0.2, 0) is 0 Å². The highest BCUT2D eigenvalue weighted by Crippen LogP contribution is 2.09. The van der Waals surface area contributed by atoms with Gasteiger partial charge in [0.15, 0.2) is 0 Å². The van der Waals surface area contributed by atoms with Crippen LogP contribution in [0, 0.1) is 11.8 Å². The molecule has 0 heterocycles. The van der Waals surface area contributed by atoms with Crippen molar-refractivity contribution in [1.82, 2.24) is 0 Å². The lowest BCUT2D eigenvalue weighted by molar-refractivity contribution is 0.465. The zero-order valence-corrected chi connectivity index (χ0v) is 6.09. The monoisotopic (exact) mass is 117 g/mol. The first-order valence-electron chi connectivity index (χ1n) is 2.76. The maximum Gasteiger partial charge on any atom is 0.00651 e. The largest absolute Gasteiger partial charge is 0.0939 e.